The molecule has 0 amide bonds. The van der Waals surface area contributed by atoms with E-state index in [1.54, 1.807) is 11.3 Å². The van der Waals surface area contributed by atoms with E-state index in [4.69, 9.17) is 0 Å². The number of hydrogen-bond donors (Lipinski definition) is 0. The number of halogens is 1. The molecule has 66 valence electrons. The Kier molecular flexibility index (Phi) is 2.76. The highest BCUT2D eigenvalue weighted by atomic mass is 79.9. The molecule has 2 aromatic rings. The monoisotopic (exact) mass is 253 g/mol. The lowest BCUT2D eigenvalue weighted by atomic mass is 10.3. The second-order valence-corrected chi connectivity index (χ2v) is 4.29. The third kappa shape index (κ3) is 1.98. The van der Waals surface area contributed by atoms with Crippen LogP contribution in [0.4, 0.5) is 0 Å². The Balaban J connectivity index is 2.44. The van der Waals surface area contributed by atoms with Crippen molar-refractivity contribution in [2.24, 2.45) is 0 Å². The van der Waals surface area contributed by atoms with E-state index in [9.17, 15) is 0 Å². The van der Waals surface area contributed by atoms with Crippen LogP contribution in [0.5, 0.6) is 0 Å². The van der Waals surface area contributed by atoms with Gasteiger partial charge in [-0.05, 0) is 18.2 Å². The predicted octanol–water partition coefficient (Wildman–Crippen LogP) is 3.70. The van der Waals surface area contributed by atoms with Crippen molar-refractivity contribution in [3.05, 3.63) is 35.3 Å². The lowest BCUT2D eigenvalue weighted by Crippen LogP contribution is -1.68. The molecule has 3 heteroatoms. The number of rotatable bonds is 2. The Morgan fingerprint density at radius 1 is 1.38 bits per heavy atom. The third-order valence-corrected chi connectivity index (χ3v) is 3.04. The van der Waals surface area contributed by atoms with E-state index in [1.807, 2.05) is 24.3 Å². The molecule has 0 N–H and O–H groups in total. The summed E-state index contributed by atoms with van der Waals surface area (Å²) in [5, 5.41) is 1.95. The Hall–Kier alpha value is -0.670. The maximum absolute atomic E-state index is 4.46. The van der Waals surface area contributed by atoms with Gasteiger partial charge in [-0.15, -0.1) is 11.3 Å². The summed E-state index contributed by atoms with van der Waals surface area (Å²) < 4.78 is 1.25. The number of aromatic nitrogens is 1. The van der Waals surface area contributed by atoms with E-state index in [0.29, 0.717) is 0 Å². The van der Waals surface area contributed by atoms with Crippen molar-refractivity contribution < 1.29 is 0 Å². The topological polar surface area (TPSA) is 12.9 Å². The number of alkyl halides is 1. The second kappa shape index (κ2) is 4.03. The maximum Gasteiger partial charge on any atom is 0.117 e. The summed E-state index contributed by atoms with van der Waals surface area (Å²) in [6.07, 6.45) is 4.09. The number of benzene rings is 1. The molecule has 1 nitrogen and oxygen atoms in total. The molecule has 0 aliphatic heterocycles. The van der Waals surface area contributed by atoms with E-state index in [0.717, 1.165) is 15.9 Å². The van der Waals surface area contributed by atoms with Crippen molar-refractivity contribution >= 4 is 43.6 Å². The van der Waals surface area contributed by atoms with Gasteiger partial charge in [-0.1, -0.05) is 34.1 Å². The minimum atomic E-state index is 0.878. The highest BCUT2D eigenvalue weighted by Crippen LogP contribution is 2.22. The van der Waals surface area contributed by atoms with Crippen molar-refractivity contribution in [1.29, 1.82) is 0 Å². The predicted molar refractivity (Wildman–Crippen MR) is 62.4 cm³/mol. The number of hydrogen-bond acceptors (Lipinski definition) is 2. The Labute approximate surface area is 89.2 Å². The van der Waals surface area contributed by atoms with Gasteiger partial charge in [0.2, 0.25) is 0 Å². The smallest absolute Gasteiger partial charge is 0.117 e. The summed E-state index contributed by atoms with van der Waals surface area (Å²) in [4.78, 5) is 4.46. The van der Waals surface area contributed by atoms with Gasteiger partial charge in [0.25, 0.3) is 0 Å². The van der Waals surface area contributed by atoms with Gasteiger partial charge < -0.3 is 0 Å². The van der Waals surface area contributed by atoms with Crippen LogP contribution in [-0.2, 0) is 0 Å². The van der Waals surface area contributed by atoms with Crippen molar-refractivity contribution in [1.82, 2.24) is 4.98 Å². The zero-order chi connectivity index (χ0) is 9.10. The molecular weight excluding hydrogens is 246 g/mol. The van der Waals surface area contributed by atoms with E-state index < -0.39 is 0 Å². The van der Waals surface area contributed by atoms with Crippen LogP contribution in [-0.4, -0.2) is 10.3 Å². The molecule has 0 aliphatic rings. The summed E-state index contributed by atoms with van der Waals surface area (Å²) in [5.74, 6) is 0. The largest absolute Gasteiger partial charge is 0.237 e. The van der Waals surface area contributed by atoms with E-state index in [1.165, 1.54) is 4.70 Å². The van der Waals surface area contributed by atoms with Crippen LogP contribution in [0.25, 0.3) is 16.3 Å². The minimum absolute atomic E-state index is 0.878. The normalized spacial score (nSPS) is 11.5. The SMILES string of the molecule is BrCC=Cc1nc2ccccc2s1. The molecule has 0 saturated heterocycles. The van der Waals surface area contributed by atoms with Gasteiger partial charge in [-0.3, -0.25) is 0 Å². The molecule has 13 heavy (non-hydrogen) atoms. The highest BCUT2D eigenvalue weighted by molar-refractivity contribution is 9.09. The van der Waals surface area contributed by atoms with Crippen LogP contribution >= 0.6 is 27.3 Å². The molecular formula is C10H8BrNS. The lowest BCUT2D eigenvalue weighted by molar-refractivity contribution is 1.46. The molecule has 1 heterocycles. The first-order valence-electron chi connectivity index (χ1n) is 3.98. The third-order valence-electron chi connectivity index (χ3n) is 1.66. The summed E-state index contributed by atoms with van der Waals surface area (Å²) >= 11 is 5.06. The second-order valence-electron chi connectivity index (χ2n) is 2.58. The van der Waals surface area contributed by atoms with Gasteiger partial charge in [0.1, 0.15) is 5.01 Å². The zero-order valence-electron chi connectivity index (χ0n) is 6.90. The molecule has 1 aromatic carbocycles. The number of para-hydroxylation sites is 1. The standard InChI is InChI=1S/C10H8BrNS/c11-7-3-6-10-12-8-4-1-2-5-9(8)13-10/h1-6H,7H2. The fraction of sp³-hybridized carbons (Fsp3) is 0.100. The molecule has 2 rings (SSSR count). The first-order chi connectivity index (χ1) is 6.40. The maximum atomic E-state index is 4.46. The van der Waals surface area contributed by atoms with Crippen LogP contribution in [0.2, 0.25) is 0 Å². The van der Waals surface area contributed by atoms with Crippen LogP contribution < -0.4 is 0 Å². The molecule has 0 atom stereocenters. The van der Waals surface area contributed by atoms with Crippen molar-refractivity contribution in [2.75, 3.05) is 5.33 Å². The molecule has 0 fully saturated rings. The molecule has 1 aromatic heterocycles. The van der Waals surface area contributed by atoms with E-state index in [2.05, 4.69) is 33.1 Å². The van der Waals surface area contributed by atoms with Gasteiger partial charge in [0, 0.05) is 5.33 Å². The summed E-state index contributed by atoms with van der Waals surface area (Å²) in [6, 6.07) is 8.19. The van der Waals surface area contributed by atoms with Gasteiger partial charge in [-0.2, -0.15) is 0 Å². The van der Waals surface area contributed by atoms with E-state index >= 15 is 0 Å². The van der Waals surface area contributed by atoms with Crippen molar-refractivity contribution in [3.63, 3.8) is 0 Å². The van der Waals surface area contributed by atoms with E-state index in [-0.39, 0.29) is 0 Å². The molecule has 0 saturated carbocycles. The average molecular weight is 254 g/mol. The van der Waals surface area contributed by atoms with Gasteiger partial charge in [0.15, 0.2) is 0 Å². The van der Waals surface area contributed by atoms with Crippen LogP contribution in [0, 0.1) is 0 Å². The van der Waals surface area contributed by atoms with Crippen molar-refractivity contribution in [3.8, 4) is 0 Å². The number of fused-ring (bicyclic) bond motifs is 1. The van der Waals surface area contributed by atoms with Gasteiger partial charge in [0.05, 0.1) is 10.2 Å². The fourth-order valence-corrected chi connectivity index (χ4v) is 2.19. The molecule has 0 radical (unpaired) electrons. The first kappa shape index (κ1) is 8.91. The van der Waals surface area contributed by atoms with Gasteiger partial charge >= 0.3 is 0 Å². The number of allylic oxidation sites excluding steroid dienone is 1. The highest BCUT2D eigenvalue weighted by Gasteiger charge is 1.98. The molecule has 0 unspecified atom stereocenters. The average Bonchev–Trinajstić information content (AvgIpc) is 2.57. The van der Waals surface area contributed by atoms with Crippen LogP contribution in [0.15, 0.2) is 30.3 Å². The quantitative estimate of drug-likeness (QED) is 0.744. The Morgan fingerprint density at radius 3 is 3.00 bits per heavy atom. The minimum Gasteiger partial charge on any atom is -0.237 e. The van der Waals surface area contributed by atoms with Crippen molar-refractivity contribution in [2.45, 2.75) is 0 Å². The number of thiazole rings is 1. The number of nitrogens with zero attached hydrogens (tertiary/aromatic N) is 1. The van der Waals surface area contributed by atoms with Crippen LogP contribution in [0.1, 0.15) is 5.01 Å². The summed E-state index contributed by atoms with van der Waals surface area (Å²) in [5.41, 5.74) is 1.08. The lowest BCUT2D eigenvalue weighted by Gasteiger charge is -1.80. The molecule has 0 bridgehead atoms. The Bertz CT molecular complexity index is 400. The summed E-state index contributed by atoms with van der Waals surface area (Å²) in [6.45, 7) is 0. The zero-order valence-corrected chi connectivity index (χ0v) is 9.31. The fourth-order valence-electron chi connectivity index (χ4n) is 1.11. The van der Waals surface area contributed by atoms with Crippen LogP contribution in [0.3, 0.4) is 0 Å². The molecule has 0 spiro atoms. The first-order valence-corrected chi connectivity index (χ1v) is 5.92. The van der Waals surface area contributed by atoms with Gasteiger partial charge in [-0.25, -0.2) is 4.98 Å². The molecule has 0 aliphatic carbocycles. The summed E-state index contributed by atoms with van der Waals surface area (Å²) in [7, 11) is 0. The Morgan fingerprint density at radius 2 is 2.23 bits per heavy atom.